The van der Waals surface area contributed by atoms with Gasteiger partial charge in [0.25, 0.3) is 5.69 Å². The van der Waals surface area contributed by atoms with Crippen LogP contribution in [0.1, 0.15) is 6.42 Å². The van der Waals surface area contributed by atoms with E-state index in [2.05, 4.69) is 20.7 Å². The Hall–Kier alpha value is -1.67. The van der Waals surface area contributed by atoms with Crippen LogP contribution in [0, 0.1) is 16.0 Å². The van der Waals surface area contributed by atoms with Crippen molar-refractivity contribution in [3.63, 3.8) is 0 Å². The topological polar surface area (TPSA) is 89.8 Å². The lowest BCUT2D eigenvalue weighted by Gasteiger charge is -2.17. The van der Waals surface area contributed by atoms with Crippen molar-refractivity contribution in [2.24, 2.45) is 5.92 Å². The van der Waals surface area contributed by atoms with Gasteiger partial charge in [-0.1, -0.05) is 11.6 Å². The smallest absolute Gasteiger partial charge is 0.311 e. The molecule has 0 aliphatic carbocycles. The van der Waals surface area contributed by atoms with Crippen LogP contribution in [0.5, 0.6) is 0 Å². The van der Waals surface area contributed by atoms with Gasteiger partial charge in [0.2, 0.25) is 5.91 Å². The maximum atomic E-state index is 12.0. The number of nitro groups is 1. The SMILES string of the molecule is COC(=O)C1CC(=O)N(c2cc(Cl)c(Br)cc2[N+](=O)[O-])C1. The Kier molecular flexibility index (Phi) is 4.48. The van der Waals surface area contributed by atoms with Gasteiger partial charge < -0.3 is 9.64 Å². The summed E-state index contributed by atoms with van der Waals surface area (Å²) in [4.78, 5) is 35.2. The van der Waals surface area contributed by atoms with Crippen LogP contribution in [0.25, 0.3) is 0 Å². The average Bonchev–Trinajstić information content (AvgIpc) is 2.82. The summed E-state index contributed by atoms with van der Waals surface area (Å²) in [5, 5.41) is 11.4. The molecule has 9 heteroatoms. The first-order valence-electron chi connectivity index (χ1n) is 5.86. The molecule has 0 spiro atoms. The number of carbonyl (C=O) groups is 2. The molecule has 1 heterocycles. The second-order valence-electron chi connectivity index (χ2n) is 4.44. The number of benzene rings is 1. The largest absolute Gasteiger partial charge is 0.469 e. The number of esters is 1. The van der Waals surface area contributed by atoms with Gasteiger partial charge in [-0.05, 0) is 22.0 Å². The van der Waals surface area contributed by atoms with Gasteiger partial charge in [-0.3, -0.25) is 19.7 Å². The number of nitrogens with zero attached hydrogens (tertiary/aromatic N) is 2. The van der Waals surface area contributed by atoms with Crippen LogP contribution >= 0.6 is 27.5 Å². The molecule has 1 aromatic rings. The van der Waals surface area contributed by atoms with Crippen molar-refractivity contribution < 1.29 is 19.2 Å². The van der Waals surface area contributed by atoms with Gasteiger partial charge in [-0.2, -0.15) is 0 Å². The summed E-state index contributed by atoms with van der Waals surface area (Å²) in [5.74, 6) is -1.53. The zero-order valence-corrected chi connectivity index (χ0v) is 13.2. The van der Waals surface area contributed by atoms with Crippen LogP contribution in [0.2, 0.25) is 5.02 Å². The number of rotatable bonds is 3. The molecule has 1 aromatic carbocycles. The maximum Gasteiger partial charge on any atom is 0.311 e. The van der Waals surface area contributed by atoms with E-state index in [4.69, 9.17) is 11.6 Å². The number of carbonyl (C=O) groups excluding carboxylic acids is 2. The van der Waals surface area contributed by atoms with E-state index in [9.17, 15) is 19.7 Å². The van der Waals surface area contributed by atoms with E-state index in [1.54, 1.807) is 0 Å². The number of halogens is 2. The van der Waals surface area contributed by atoms with Gasteiger partial charge in [0.15, 0.2) is 0 Å². The van der Waals surface area contributed by atoms with E-state index in [1.807, 2.05) is 0 Å². The van der Waals surface area contributed by atoms with E-state index in [0.29, 0.717) is 4.47 Å². The molecule has 0 radical (unpaired) electrons. The van der Waals surface area contributed by atoms with E-state index in [0.717, 1.165) is 0 Å². The lowest BCUT2D eigenvalue weighted by molar-refractivity contribution is -0.384. The standard InChI is InChI=1S/C12H10BrClN2O5/c1-21-12(18)6-2-11(17)15(5-6)9-4-8(14)7(13)3-10(9)16(19)20/h3-4,6H,2,5H2,1H3. The van der Waals surface area contributed by atoms with Crippen LogP contribution in [0.4, 0.5) is 11.4 Å². The monoisotopic (exact) mass is 376 g/mol. The van der Waals surface area contributed by atoms with Crippen molar-refractivity contribution in [1.29, 1.82) is 0 Å². The minimum atomic E-state index is -0.635. The van der Waals surface area contributed by atoms with Crippen molar-refractivity contribution in [3.05, 3.63) is 31.7 Å². The second kappa shape index (κ2) is 5.98. The summed E-state index contributed by atoms with van der Waals surface area (Å²) >= 11 is 9.05. The molecule has 1 unspecified atom stereocenters. The van der Waals surface area contributed by atoms with Crippen molar-refractivity contribution in [1.82, 2.24) is 0 Å². The average molecular weight is 378 g/mol. The fraction of sp³-hybridized carbons (Fsp3) is 0.333. The van der Waals surface area contributed by atoms with Crippen molar-refractivity contribution >= 4 is 50.8 Å². The Balaban J connectivity index is 2.42. The summed E-state index contributed by atoms with van der Waals surface area (Å²) in [7, 11) is 1.23. The number of ether oxygens (including phenoxy) is 1. The zero-order chi connectivity index (χ0) is 15.7. The fourth-order valence-electron chi connectivity index (χ4n) is 2.15. The van der Waals surface area contributed by atoms with Gasteiger partial charge in [0.1, 0.15) is 5.69 Å². The molecule has 21 heavy (non-hydrogen) atoms. The van der Waals surface area contributed by atoms with E-state index in [-0.39, 0.29) is 35.3 Å². The van der Waals surface area contributed by atoms with Crippen LogP contribution in [-0.4, -0.2) is 30.5 Å². The lowest BCUT2D eigenvalue weighted by atomic mass is 10.1. The first kappa shape index (κ1) is 15.7. The number of hydrogen-bond donors (Lipinski definition) is 0. The van der Waals surface area contributed by atoms with Crippen molar-refractivity contribution in [3.8, 4) is 0 Å². The number of nitro benzene ring substituents is 1. The first-order valence-corrected chi connectivity index (χ1v) is 7.04. The third kappa shape index (κ3) is 3.01. The summed E-state index contributed by atoms with van der Waals surface area (Å²) in [6.45, 7) is 0.0321. The fourth-order valence-corrected chi connectivity index (χ4v) is 2.64. The number of anilines is 1. The Morgan fingerprint density at radius 2 is 2.24 bits per heavy atom. The number of hydrogen-bond acceptors (Lipinski definition) is 5. The van der Waals surface area contributed by atoms with Crippen LogP contribution < -0.4 is 4.90 Å². The minimum absolute atomic E-state index is 0.0321. The number of methoxy groups -OCH3 is 1. The molecule has 1 atom stereocenters. The normalized spacial score (nSPS) is 18.0. The van der Waals surface area contributed by atoms with Crippen molar-refractivity contribution in [2.75, 3.05) is 18.6 Å². The maximum absolute atomic E-state index is 12.0. The quantitative estimate of drug-likeness (QED) is 0.459. The van der Waals surface area contributed by atoms with Crippen LogP contribution in [-0.2, 0) is 14.3 Å². The molecular weight excluding hydrogens is 367 g/mol. The molecule has 0 saturated carbocycles. The molecule has 2 rings (SSSR count). The molecule has 1 aliphatic rings. The first-order chi connectivity index (χ1) is 9.85. The molecule has 1 amide bonds. The molecule has 7 nitrogen and oxygen atoms in total. The molecule has 112 valence electrons. The Bertz CT molecular complexity index is 636. The summed E-state index contributed by atoms with van der Waals surface area (Å²) < 4.78 is 4.96. The van der Waals surface area contributed by atoms with E-state index < -0.39 is 16.8 Å². The molecular formula is C12H10BrClN2O5. The Morgan fingerprint density at radius 1 is 1.57 bits per heavy atom. The van der Waals surface area contributed by atoms with Gasteiger partial charge in [0.05, 0.1) is 23.0 Å². The highest BCUT2D eigenvalue weighted by atomic mass is 79.9. The molecule has 1 aliphatic heterocycles. The number of amides is 1. The van der Waals surface area contributed by atoms with Gasteiger partial charge >= 0.3 is 5.97 Å². The van der Waals surface area contributed by atoms with Gasteiger partial charge in [-0.25, -0.2) is 0 Å². The lowest BCUT2D eigenvalue weighted by Crippen LogP contribution is -2.27. The van der Waals surface area contributed by atoms with Gasteiger partial charge in [-0.15, -0.1) is 0 Å². The highest BCUT2D eigenvalue weighted by Crippen LogP contribution is 2.38. The third-order valence-electron chi connectivity index (χ3n) is 3.16. The van der Waals surface area contributed by atoms with Crippen LogP contribution in [0.3, 0.4) is 0 Å². The van der Waals surface area contributed by atoms with Crippen LogP contribution in [0.15, 0.2) is 16.6 Å². The predicted molar refractivity (Wildman–Crippen MR) is 78.3 cm³/mol. The van der Waals surface area contributed by atoms with Crippen molar-refractivity contribution in [2.45, 2.75) is 6.42 Å². The van der Waals surface area contributed by atoms with E-state index >= 15 is 0 Å². The van der Waals surface area contributed by atoms with E-state index in [1.165, 1.54) is 24.1 Å². The molecule has 0 aromatic heterocycles. The Labute approximate surface area is 133 Å². The third-order valence-corrected chi connectivity index (χ3v) is 4.36. The predicted octanol–water partition coefficient (Wildman–Crippen LogP) is 2.54. The highest BCUT2D eigenvalue weighted by molar-refractivity contribution is 9.10. The van der Waals surface area contributed by atoms with Gasteiger partial charge in [0, 0.05) is 23.5 Å². The summed E-state index contributed by atoms with van der Waals surface area (Å²) in [6, 6.07) is 2.57. The minimum Gasteiger partial charge on any atom is -0.469 e. The highest BCUT2D eigenvalue weighted by Gasteiger charge is 2.38. The second-order valence-corrected chi connectivity index (χ2v) is 5.70. The molecule has 1 fully saturated rings. The molecule has 1 saturated heterocycles. The Morgan fingerprint density at radius 3 is 2.81 bits per heavy atom. The molecule has 0 N–H and O–H groups in total. The zero-order valence-electron chi connectivity index (χ0n) is 10.8. The summed E-state index contributed by atoms with van der Waals surface area (Å²) in [5.41, 5.74) is -0.185. The summed E-state index contributed by atoms with van der Waals surface area (Å²) in [6.07, 6.45) is -0.0441. The molecule has 0 bridgehead atoms.